The van der Waals surface area contributed by atoms with E-state index in [-0.39, 0.29) is 11.9 Å². The molecular formula is C24H27Cl2N3O2S. The van der Waals surface area contributed by atoms with Gasteiger partial charge >= 0.3 is 0 Å². The number of rotatable bonds is 7. The third-order valence-corrected chi connectivity index (χ3v) is 7.68. The number of benzene rings is 1. The first kappa shape index (κ1) is 23.3. The molecule has 4 rings (SSSR count). The van der Waals surface area contributed by atoms with Crippen LogP contribution in [0.15, 0.2) is 47.1 Å². The summed E-state index contributed by atoms with van der Waals surface area (Å²) in [7, 11) is 0. The Kier molecular flexibility index (Phi) is 7.59. The van der Waals surface area contributed by atoms with Gasteiger partial charge in [0.25, 0.3) is 5.91 Å². The summed E-state index contributed by atoms with van der Waals surface area (Å²) in [6.45, 7) is 9.19. The number of likely N-dealkylation sites (N-methyl/N-ethyl adjacent to an activating group) is 1. The lowest BCUT2D eigenvalue weighted by Crippen LogP contribution is -2.47. The van der Waals surface area contributed by atoms with Crippen LogP contribution in [0.3, 0.4) is 0 Å². The van der Waals surface area contributed by atoms with Crippen molar-refractivity contribution in [3.05, 3.63) is 74.5 Å². The second-order valence-corrected chi connectivity index (χ2v) is 9.80. The van der Waals surface area contributed by atoms with Crippen LogP contribution in [-0.4, -0.2) is 48.4 Å². The van der Waals surface area contributed by atoms with E-state index in [0.717, 1.165) is 55.3 Å². The Morgan fingerprint density at radius 3 is 2.53 bits per heavy atom. The molecule has 0 bridgehead atoms. The molecule has 3 heterocycles. The van der Waals surface area contributed by atoms with Crippen LogP contribution in [0.1, 0.15) is 46.4 Å². The fourth-order valence-electron chi connectivity index (χ4n) is 4.13. The first-order valence-corrected chi connectivity index (χ1v) is 12.5. The highest BCUT2D eigenvalue weighted by atomic mass is 35.5. The lowest BCUT2D eigenvalue weighted by atomic mass is 9.97. The van der Waals surface area contributed by atoms with E-state index >= 15 is 0 Å². The number of anilines is 1. The summed E-state index contributed by atoms with van der Waals surface area (Å²) in [4.78, 5) is 18.9. The molecule has 2 aromatic heterocycles. The van der Waals surface area contributed by atoms with E-state index in [1.54, 1.807) is 29.5 Å². The standard InChI is InChI=1S/C24H27Cl2N3O2S/c1-3-17-15-19(24(32-17)27-23(30)21-6-5-13-31-21)22(18-8-7-16(25)14-20(18)26)29-11-9-28(4-2)10-12-29/h5-8,13-15,22H,3-4,9-12H2,1-2H3,(H,27,30)/t22-/m1/s1. The number of amides is 1. The maximum Gasteiger partial charge on any atom is 0.291 e. The van der Waals surface area contributed by atoms with Crippen molar-refractivity contribution in [2.45, 2.75) is 26.3 Å². The molecule has 0 spiro atoms. The van der Waals surface area contributed by atoms with Gasteiger partial charge in [0, 0.05) is 46.7 Å². The van der Waals surface area contributed by atoms with Crippen molar-refractivity contribution >= 4 is 45.4 Å². The smallest absolute Gasteiger partial charge is 0.291 e. The largest absolute Gasteiger partial charge is 0.459 e. The van der Waals surface area contributed by atoms with Crippen molar-refractivity contribution in [3.63, 3.8) is 0 Å². The number of carbonyl (C=O) groups excluding carboxylic acids is 1. The number of carbonyl (C=O) groups is 1. The first-order valence-electron chi connectivity index (χ1n) is 10.9. The van der Waals surface area contributed by atoms with E-state index < -0.39 is 0 Å². The zero-order valence-electron chi connectivity index (χ0n) is 18.2. The minimum Gasteiger partial charge on any atom is -0.459 e. The third kappa shape index (κ3) is 5.05. The molecule has 1 amide bonds. The van der Waals surface area contributed by atoms with E-state index in [4.69, 9.17) is 27.6 Å². The lowest BCUT2D eigenvalue weighted by molar-refractivity contribution is 0.0995. The number of furan rings is 1. The van der Waals surface area contributed by atoms with Crippen LogP contribution in [0.25, 0.3) is 0 Å². The maximum absolute atomic E-state index is 12.8. The average molecular weight is 492 g/mol. The summed E-state index contributed by atoms with van der Waals surface area (Å²) in [6, 6.07) is 11.2. The van der Waals surface area contributed by atoms with Crippen molar-refractivity contribution in [1.29, 1.82) is 0 Å². The van der Waals surface area contributed by atoms with Crippen LogP contribution in [-0.2, 0) is 6.42 Å². The molecule has 0 saturated carbocycles. The van der Waals surface area contributed by atoms with Crippen molar-refractivity contribution in [2.24, 2.45) is 0 Å². The summed E-state index contributed by atoms with van der Waals surface area (Å²) in [5, 5.41) is 5.16. The number of halogens is 2. The second-order valence-electron chi connectivity index (χ2n) is 7.82. The molecule has 1 saturated heterocycles. The minimum absolute atomic E-state index is 0.0813. The van der Waals surface area contributed by atoms with Crippen LogP contribution in [0.5, 0.6) is 0 Å². The Labute approximate surface area is 202 Å². The molecule has 1 fully saturated rings. The Bertz CT molecular complexity index is 1060. The zero-order valence-corrected chi connectivity index (χ0v) is 20.6. The fraction of sp³-hybridized carbons (Fsp3) is 0.375. The van der Waals surface area contributed by atoms with Crippen LogP contribution in [0.4, 0.5) is 5.00 Å². The number of hydrogen-bond donors (Lipinski definition) is 1. The molecule has 1 N–H and O–H groups in total. The highest BCUT2D eigenvalue weighted by Gasteiger charge is 2.31. The molecule has 3 aromatic rings. The van der Waals surface area contributed by atoms with Gasteiger partial charge in [-0.25, -0.2) is 0 Å². The van der Waals surface area contributed by atoms with E-state index in [2.05, 4.69) is 35.0 Å². The molecule has 8 heteroatoms. The summed E-state index contributed by atoms with van der Waals surface area (Å²) in [6.07, 6.45) is 2.39. The number of thiophene rings is 1. The van der Waals surface area contributed by atoms with Gasteiger partial charge in [0.05, 0.1) is 12.3 Å². The van der Waals surface area contributed by atoms with Gasteiger partial charge < -0.3 is 14.6 Å². The van der Waals surface area contributed by atoms with E-state index in [9.17, 15) is 4.79 Å². The minimum atomic E-state index is -0.252. The Hall–Kier alpha value is -1.83. The van der Waals surface area contributed by atoms with Crippen LogP contribution >= 0.6 is 34.5 Å². The van der Waals surface area contributed by atoms with E-state index in [1.165, 1.54) is 11.1 Å². The molecule has 1 aromatic carbocycles. The van der Waals surface area contributed by atoms with Gasteiger partial charge in [0.15, 0.2) is 5.76 Å². The number of hydrogen-bond acceptors (Lipinski definition) is 5. The molecule has 5 nitrogen and oxygen atoms in total. The monoisotopic (exact) mass is 491 g/mol. The second kappa shape index (κ2) is 10.4. The summed E-state index contributed by atoms with van der Waals surface area (Å²) >= 11 is 14.5. The molecule has 1 aliphatic heterocycles. The molecule has 170 valence electrons. The normalized spacial score (nSPS) is 16.2. The highest BCUT2D eigenvalue weighted by molar-refractivity contribution is 7.16. The topological polar surface area (TPSA) is 48.7 Å². The summed E-state index contributed by atoms with van der Waals surface area (Å²) in [5.74, 6) is 0.0394. The van der Waals surface area contributed by atoms with Gasteiger partial charge in [-0.1, -0.05) is 43.1 Å². The predicted molar refractivity (Wildman–Crippen MR) is 132 cm³/mol. The quantitative estimate of drug-likeness (QED) is 0.427. The van der Waals surface area contributed by atoms with Crippen molar-refractivity contribution in [1.82, 2.24) is 9.80 Å². The molecule has 0 unspecified atom stereocenters. The third-order valence-electron chi connectivity index (χ3n) is 5.90. The molecule has 0 radical (unpaired) electrons. The van der Waals surface area contributed by atoms with Crippen LogP contribution < -0.4 is 5.32 Å². The van der Waals surface area contributed by atoms with Gasteiger partial charge in [0.2, 0.25) is 0 Å². The molecule has 1 aliphatic rings. The summed E-state index contributed by atoms with van der Waals surface area (Å²) in [5.41, 5.74) is 2.05. The van der Waals surface area contributed by atoms with Crippen LogP contribution in [0.2, 0.25) is 10.0 Å². The Balaban J connectivity index is 1.75. The summed E-state index contributed by atoms with van der Waals surface area (Å²) < 4.78 is 5.30. The van der Waals surface area contributed by atoms with Gasteiger partial charge in [0.1, 0.15) is 5.00 Å². The predicted octanol–water partition coefficient (Wildman–Crippen LogP) is 6.19. The molecule has 32 heavy (non-hydrogen) atoms. The average Bonchev–Trinajstić information content (AvgIpc) is 3.46. The van der Waals surface area contributed by atoms with Crippen molar-refractivity contribution in [2.75, 3.05) is 38.0 Å². The van der Waals surface area contributed by atoms with Crippen molar-refractivity contribution < 1.29 is 9.21 Å². The lowest BCUT2D eigenvalue weighted by Gasteiger charge is -2.39. The van der Waals surface area contributed by atoms with Crippen molar-refractivity contribution in [3.8, 4) is 0 Å². The zero-order chi connectivity index (χ0) is 22.7. The number of nitrogens with zero attached hydrogens (tertiary/aromatic N) is 2. The SMILES string of the molecule is CCc1cc([C@@H](c2ccc(Cl)cc2Cl)N2CCN(CC)CC2)c(NC(=O)c2ccco2)s1. The molecule has 0 aliphatic carbocycles. The number of aryl methyl sites for hydroxylation is 1. The fourth-order valence-corrected chi connectivity index (χ4v) is 5.66. The Morgan fingerprint density at radius 2 is 1.91 bits per heavy atom. The number of piperazine rings is 1. The van der Waals surface area contributed by atoms with E-state index in [1.807, 2.05) is 12.1 Å². The number of nitrogens with one attached hydrogen (secondary N) is 1. The first-order chi connectivity index (χ1) is 15.5. The molecular weight excluding hydrogens is 465 g/mol. The molecule has 1 atom stereocenters. The Morgan fingerprint density at radius 1 is 1.12 bits per heavy atom. The van der Waals surface area contributed by atoms with Gasteiger partial charge in [-0.15, -0.1) is 11.3 Å². The highest BCUT2D eigenvalue weighted by Crippen LogP contribution is 2.42. The van der Waals surface area contributed by atoms with Gasteiger partial charge in [-0.05, 0) is 48.9 Å². The van der Waals surface area contributed by atoms with Gasteiger partial charge in [-0.2, -0.15) is 0 Å². The van der Waals surface area contributed by atoms with Gasteiger partial charge in [-0.3, -0.25) is 9.69 Å². The maximum atomic E-state index is 12.8. The van der Waals surface area contributed by atoms with Crippen LogP contribution in [0, 0.1) is 0 Å². The van der Waals surface area contributed by atoms with E-state index in [0.29, 0.717) is 15.8 Å².